The maximum absolute atomic E-state index is 12.5. The second-order valence-corrected chi connectivity index (χ2v) is 5.84. The lowest BCUT2D eigenvalue weighted by atomic mass is 10.1. The number of aromatic nitrogens is 2. The molecule has 2 aromatic heterocycles. The highest BCUT2D eigenvalue weighted by atomic mass is 35.5. The van der Waals surface area contributed by atoms with Crippen molar-refractivity contribution in [1.29, 1.82) is 0 Å². The number of amides is 1. The summed E-state index contributed by atoms with van der Waals surface area (Å²) >= 11 is 0. The molecule has 1 unspecified atom stereocenters. The van der Waals surface area contributed by atoms with E-state index in [4.69, 9.17) is 4.42 Å². The van der Waals surface area contributed by atoms with Crippen LogP contribution in [0.3, 0.4) is 0 Å². The first-order valence-electron chi connectivity index (χ1n) is 7.78. The highest BCUT2D eigenvalue weighted by Gasteiger charge is 2.23. The molecule has 0 spiro atoms. The van der Waals surface area contributed by atoms with Crippen LogP contribution in [0.25, 0.3) is 11.0 Å². The predicted octanol–water partition coefficient (Wildman–Crippen LogP) is 2.71. The third kappa shape index (κ3) is 2.90. The molecule has 0 aliphatic carbocycles. The summed E-state index contributed by atoms with van der Waals surface area (Å²) in [5.41, 5.74) is 3.30. The van der Waals surface area contributed by atoms with Crippen LogP contribution in [0.1, 0.15) is 40.5 Å². The Hall–Kier alpha value is -2.31. The van der Waals surface area contributed by atoms with Crippen molar-refractivity contribution < 1.29 is 9.21 Å². The molecule has 0 saturated carbocycles. The van der Waals surface area contributed by atoms with Crippen LogP contribution in [0.2, 0.25) is 0 Å². The van der Waals surface area contributed by atoms with Gasteiger partial charge in [-0.05, 0) is 19.1 Å². The zero-order valence-electron chi connectivity index (χ0n) is 13.3. The van der Waals surface area contributed by atoms with E-state index in [9.17, 15) is 4.79 Å². The average Bonchev–Trinajstić information content (AvgIpc) is 3.18. The average molecular weight is 347 g/mol. The second-order valence-electron chi connectivity index (χ2n) is 5.84. The molecule has 3 aromatic rings. The number of nitrogens with one attached hydrogen (secondary N) is 3. The van der Waals surface area contributed by atoms with Crippen LogP contribution >= 0.6 is 12.4 Å². The fourth-order valence-corrected chi connectivity index (χ4v) is 2.96. The summed E-state index contributed by atoms with van der Waals surface area (Å²) < 4.78 is 5.81. The number of carbonyl (C=O) groups is 1. The predicted molar refractivity (Wildman–Crippen MR) is 93.3 cm³/mol. The minimum atomic E-state index is -0.223. The van der Waals surface area contributed by atoms with Crippen molar-refractivity contribution >= 4 is 29.3 Å². The molecule has 3 heterocycles. The van der Waals surface area contributed by atoms with Crippen molar-refractivity contribution in [2.45, 2.75) is 25.9 Å². The lowest BCUT2D eigenvalue weighted by molar-refractivity contribution is 0.0929. The first kappa shape index (κ1) is 16.5. The quantitative estimate of drug-likeness (QED) is 0.681. The summed E-state index contributed by atoms with van der Waals surface area (Å²) in [7, 11) is 0. The summed E-state index contributed by atoms with van der Waals surface area (Å²) in [5.74, 6) is 0.557. The van der Waals surface area contributed by atoms with Crippen LogP contribution in [0.15, 0.2) is 34.7 Å². The number of nitrogens with zero attached hydrogens (tertiary/aromatic N) is 1. The van der Waals surface area contributed by atoms with Crippen molar-refractivity contribution in [2.24, 2.45) is 0 Å². The highest BCUT2D eigenvalue weighted by Crippen LogP contribution is 2.24. The topological polar surface area (TPSA) is 83.0 Å². The molecule has 1 aromatic carbocycles. The van der Waals surface area contributed by atoms with Crippen LogP contribution in [-0.4, -0.2) is 22.6 Å². The zero-order chi connectivity index (χ0) is 15.8. The molecule has 1 aliphatic rings. The molecular formula is C17H19ClN4O2. The number of hydrogen-bond acceptors (Lipinski definition) is 4. The molecule has 0 saturated heterocycles. The van der Waals surface area contributed by atoms with E-state index in [1.54, 1.807) is 0 Å². The Morgan fingerprint density at radius 2 is 2.21 bits per heavy atom. The molecular weight excluding hydrogens is 328 g/mol. The van der Waals surface area contributed by atoms with E-state index in [0.29, 0.717) is 12.2 Å². The van der Waals surface area contributed by atoms with Crippen LogP contribution in [0.4, 0.5) is 0 Å². The van der Waals surface area contributed by atoms with Gasteiger partial charge in [0.25, 0.3) is 5.91 Å². The summed E-state index contributed by atoms with van der Waals surface area (Å²) in [6, 6.07) is 9.55. The fourth-order valence-electron chi connectivity index (χ4n) is 2.96. The van der Waals surface area contributed by atoms with Crippen LogP contribution in [0, 0.1) is 0 Å². The molecule has 4 rings (SSSR count). The standard InChI is InChI=1S/C17H18N4O2.ClH/c1-10(15-8-11-4-2-3-5-14(11)23-15)19-17(22)16-12-9-18-7-6-13(12)20-21-16;/h2-5,8,10,18H,6-7,9H2,1H3,(H,19,22)(H,20,21);1H. The number of hydrogen-bond donors (Lipinski definition) is 3. The van der Waals surface area contributed by atoms with E-state index in [1.807, 2.05) is 37.3 Å². The van der Waals surface area contributed by atoms with Crippen molar-refractivity contribution in [2.75, 3.05) is 6.54 Å². The lowest BCUT2D eigenvalue weighted by Crippen LogP contribution is -2.30. The Morgan fingerprint density at radius 3 is 3.04 bits per heavy atom. The van der Waals surface area contributed by atoms with Crippen molar-refractivity contribution in [3.63, 3.8) is 0 Å². The number of H-pyrrole nitrogens is 1. The maximum Gasteiger partial charge on any atom is 0.272 e. The largest absolute Gasteiger partial charge is 0.459 e. The molecule has 0 fully saturated rings. The van der Waals surface area contributed by atoms with E-state index in [-0.39, 0.29) is 24.4 Å². The number of para-hydroxylation sites is 1. The van der Waals surface area contributed by atoms with Crippen LogP contribution < -0.4 is 10.6 Å². The number of aromatic amines is 1. The Balaban J connectivity index is 0.00000169. The van der Waals surface area contributed by atoms with Gasteiger partial charge in [0.05, 0.1) is 6.04 Å². The smallest absolute Gasteiger partial charge is 0.272 e. The molecule has 24 heavy (non-hydrogen) atoms. The van der Waals surface area contributed by atoms with E-state index >= 15 is 0 Å². The van der Waals surface area contributed by atoms with Gasteiger partial charge >= 0.3 is 0 Å². The summed E-state index contributed by atoms with van der Waals surface area (Å²) in [6.07, 6.45) is 0.870. The lowest BCUT2D eigenvalue weighted by Gasteiger charge is -2.14. The summed E-state index contributed by atoms with van der Waals surface area (Å²) in [6.45, 7) is 3.49. The maximum atomic E-state index is 12.5. The zero-order valence-corrected chi connectivity index (χ0v) is 14.1. The Morgan fingerprint density at radius 1 is 1.38 bits per heavy atom. The molecule has 0 bridgehead atoms. The third-order valence-corrected chi connectivity index (χ3v) is 4.24. The van der Waals surface area contributed by atoms with Gasteiger partial charge in [0.1, 0.15) is 11.3 Å². The second kappa shape index (κ2) is 6.67. The summed E-state index contributed by atoms with van der Waals surface area (Å²) in [4.78, 5) is 12.5. The van der Waals surface area contributed by atoms with Gasteiger partial charge in [0.15, 0.2) is 5.69 Å². The Kier molecular flexibility index (Phi) is 4.59. The van der Waals surface area contributed by atoms with Crippen LogP contribution in [0.5, 0.6) is 0 Å². The third-order valence-electron chi connectivity index (χ3n) is 4.24. The van der Waals surface area contributed by atoms with E-state index < -0.39 is 0 Å². The number of halogens is 1. The van der Waals surface area contributed by atoms with Crippen molar-refractivity contribution in [1.82, 2.24) is 20.8 Å². The fraction of sp³-hybridized carbons (Fsp3) is 0.294. The van der Waals surface area contributed by atoms with Gasteiger partial charge in [-0.3, -0.25) is 9.89 Å². The number of furan rings is 1. The molecule has 126 valence electrons. The molecule has 1 aliphatic heterocycles. The minimum Gasteiger partial charge on any atom is -0.459 e. The summed E-state index contributed by atoms with van der Waals surface area (Å²) in [5, 5.41) is 14.4. The number of fused-ring (bicyclic) bond motifs is 2. The first-order valence-corrected chi connectivity index (χ1v) is 7.78. The molecule has 0 radical (unpaired) electrons. The van der Waals surface area contributed by atoms with Crippen molar-refractivity contribution in [3.8, 4) is 0 Å². The number of benzene rings is 1. The normalized spacial score (nSPS) is 14.7. The molecule has 7 heteroatoms. The van der Waals surface area contributed by atoms with Gasteiger partial charge in [0.2, 0.25) is 0 Å². The molecule has 6 nitrogen and oxygen atoms in total. The number of carbonyl (C=O) groups excluding carboxylic acids is 1. The monoisotopic (exact) mass is 346 g/mol. The van der Waals surface area contributed by atoms with Gasteiger partial charge in [0, 0.05) is 36.2 Å². The van der Waals surface area contributed by atoms with Gasteiger partial charge < -0.3 is 15.1 Å². The number of rotatable bonds is 3. The van der Waals surface area contributed by atoms with Gasteiger partial charge in [-0.1, -0.05) is 18.2 Å². The van der Waals surface area contributed by atoms with E-state index in [1.165, 1.54) is 0 Å². The van der Waals surface area contributed by atoms with Gasteiger partial charge in [-0.2, -0.15) is 5.10 Å². The molecule has 1 amide bonds. The van der Waals surface area contributed by atoms with Crippen molar-refractivity contribution in [3.05, 3.63) is 53.0 Å². The van der Waals surface area contributed by atoms with Crippen LogP contribution in [-0.2, 0) is 13.0 Å². The first-order chi connectivity index (χ1) is 11.2. The van der Waals surface area contributed by atoms with E-state index in [0.717, 1.165) is 41.0 Å². The SMILES string of the molecule is CC(NC(=O)c1n[nH]c2c1CNCC2)c1cc2ccccc2o1.Cl. The van der Waals surface area contributed by atoms with E-state index in [2.05, 4.69) is 20.8 Å². The molecule has 3 N–H and O–H groups in total. The Bertz CT molecular complexity index is 837. The Labute approximate surface area is 145 Å². The molecule has 1 atom stereocenters. The highest BCUT2D eigenvalue weighted by molar-refractivity contribution is 5.94. The van der Waals surface area contributed by atoms with Gasteiger partial charge in [-0.25, -0.2) is 0 Å². The minimum absolute atomic E-state index is 0. The van der Waals surface area contributed by atoms with Gasteiger partial charge in [-0.15, -0.1) is 12.4 Å².